The van der Waals surface area contributed by atoms with E-state index in [4.69, 9.17) is 14.2 Å². The summed E-state index contributed by atoms with van der Waals surface area (Å²) in [4.78, 5) is 15.1. The van der Waals surface area contributed by atoms with Gasteiger partial charge in [-0.25, -0.2) is 0 Å². The number of nitrogens with zero attached hydrogens (tertiary/aromatic N) is 2. The maximum absolute atomic E-state index is 12.7. The second kappa shape index (κ2) is 12.4. The molecule has 0 amide bonds. The molecule has 1 fully saturated rings. The summed E-state index contributed by atoms with van der Waals surface area (Å²) in [5.41, 5.74) is 4.20. The lowest BCUT2D eigenvalue weighted by molar-refractivity contribution is 0.0342. The lowest BCUT2D eigenvalue weighted by atomic mass is 10.0. The van der Waals surface area contributed by atoms with E-state index in [-0.39, 0.29) is 11.6 Å². The molecular formula is C29H32N2O4. The molecule has 1 aliphatic heterocycles. The first kappa shape index (κ1) is 24.7. The van der Waals surface area contributed by atoms with E-state index in [1.807, 2.05) is 18.2 Å². The van der Waals surface area contributed by atoms with Crippen molar-refractivity contribution >= 4 is 0 Å². The number of benzene rings is 2. The first-order valence-corrected chi connectivity index (χ1v) is 11.9. The molecular weight excluding hydrogens is 440 g/mol. The van der Waals surface area contributed by atoms with Crippen molar-refractivity contribution in [2.75, 3.05) is 47.1 Å². The predicted molar refractivity (Wildman–Crippen MR) is 137 cm³/mol. The van der Waals surface area contributed by atoms with Gasteiger partial charge in [-0.2, -0.15) is 0 Å². The summed E-state index contributed by atoms with van der Waals surface area (Å²) in [6.07, 6.45) is 2.44. The van der Waals surface area contributed by atoms with Crippen molar-refractivity contribution in [2.45, 2.75) is 19.0 Å². The fourth-order valence-corrected chi connectivity index (χ4v) is 4.21. The zero-order chi connectivity index (χ0) is 24.5. The van der Waals surface area contributed by atoms with Crippen molar-refractivity contribution in [3.63, 3.8) is 0 Å². The van der Waals surface area contributed by atoms with E-state index in [0.717, 1.165) is 49.5 Å². The number of ether oxygens (including phenoxy) is 3. The van der Waals surface area contributed by atoms with Crippen LogP contribution in [0.2, 0.25) is 0 Å². The molecule has 6 heteroatoms. The van der Waals surface area contributed by atoms with Gasteiger partial charge in [-0.15, -0.1) is 0 Å². The van der Waals surface area contributed by atoms with Crippen LogP contribution < -0.4 is 10.3 Å². The maximum atomic E-state index is 12.7. The minimum atomic E-state index is -0.157. The molecule has 0 N–H and O–H groups in total. The van der Waals surface area contributed by atoms with Gasteiger partial charge in [-0.3, -0.25) is 9.69 Å². The molecule has 0 radical (unpaired) electrons. The van der Waals surface area contributed by atoms with Crippen LogP contribution in [-0.2, 0) is 22.4 Å². The van der Waals surface area contributed by atoms with Crippen LogP contribution >= 0.6 is 0 Å². The smallest absolute Gasteiger partial charge is 0.293 e. The number of pyridine rings is 1. The Bertz CT molecular complexity index is 1200. The van der Waals surface area contributed by atoms with Crippen LogP contribution in [0, 0.1) is 11.8 Å². The van der Waals surface area contributed by atoms with Gasteiger partial charge in [0, 0.05) is 44.1 Å². The quantitative estimate of drug-likeness (QED) is 0.470. The SMILES string of the molecule is COCC(Cc1ccc(C#Cc2ccc(CN3CCOCC3)cc2)cc1)n1cccc(OC)c1=O. The molecule has 1 unspecified atom stereocenters. The van der Waals surface area contributed by atoms with Crippen molar-refractivity contribution in [3.8, 4) is 17.6 Å². The van der Waals surface area contributed by atoms with Crippen molar-refractivity contribution in [1.82, 2.24) is 9.47 Å². The Labute approximate surface area is 207 Å². The average molecular weight is 473 g/mol. The second-order valence-corrected chi connectivity index (χ2v) is 8.63. The van der Waals surface area contributed by atoms with Crippen molar-refractivity contribution < 1.29 is 14.2 Å². The number of rotatable bonds is 8. The molecule has 2 heterocycles. The molecule has 0 spiro atoms. The summed E-state index contributed by atoms with van der Waals surface area (Å²) in [6, 6.07) is 20.0. The van der Waals surface area contributed by atoms with E-state index < -0.39 is 0 Å². The lowest BCUT2D eigenvalue weighted by Crippen LogP contribution is -2.35. The highest BCUT2D eigenvalue weighted by atomic mass is 16.5. The monoisotopic (exact) mass is 472 g/mol. The molecule has 182 valence electrons. The Morgan fingerprint density at radius 1 is 0.914 bits per heavy atom. The van der Waals surface area contributed by atoms with Crippen LogP contribution in [0.4, 0.5) is 0 Å². The van der Waals surface area contributed by atoms with Crippen LogP contribution in [0.3, 0.4) is 0 Å². The Morgan fingerprint density at radius 2 is 1.54 bits per heavy atom. The summed E-state index contributed by atoms with van der Waals surface area (Å²) in [5.74, 6) is 6.83. The van der Waals surface area contributed by atoms with Crippen LogP contribution in [0.5, 0.6) is 5.75 Å². The summed E-state index contributed by atoms with van der Waals surface area (Å²) in [5, 5.41) is 0. The first-order chi connectivity index (χ1) is 17.2. The summed E-state index contributed by atoms with van der Waals surface area (Å²) in [7, 11) is 3.15. The van der Waals surface area contributed by atoms with E-state index >= 15 is 0 Å². The van der Waals surface area contributed by atoms with E-state index in [1.165, 1.54) is 12.7 Å². The van der Waals surface area contributed by atoms with Gasteiger partial charge in [0.25, 0.3) is 5.56 Å². The molecule has 1 atom stereocenters. The highest BCUT2D eigenvalue weighted by Gasteiger charge is 2.15. The fourth-order valence-electron chi connectivity index (χ4n) is 4.21. The van der Waals surface area contributed by atoms with Crippen LogP contribution in [0.15, 0.2) is 71.7 Å². The number of hydrogen-bond donors (Lipinski definition) is 0. The first-order valence-electron chi connectivity index (χ1n) is 11.9. The van der Waals surface area contributed by atoms with Gasteiger partial charge < -0.3 is 18.8 Å². The predicted octanol–water partition coefficient (Wildman–Crippen LogP) is 3.52. The van der Waals surface area contributed by atoms with Gasteiger partial charge in [0.1, 0.15) is 0 Å². The molecule has 3 aromatic rings. The molecule has 35 heavy (non-hydrogen) atoms. The minimum absolute atomic E-state index is 0.129. The standard InChI is InChI=1S/C29H32N2O4/c1-33-22-27(31-15-3-4-28(34-2)29(31)32)20-25-11-7-23(8-12-25)5-6-24-9-13-26(14-10-24)21-30-16-18-35-19-17-30/h3-4,7-15,27H,16-22H2,1-2H3. The van der Waals surface area contributed by atoms with E-state index in [1.54, 1.807) is 23.9 Å². The molecule has 0 saturated carbocycles. The fraction of sp³-hybridized carbons (Fsp3) is 0.345. The average Bonchev–Trinajstić information content (AvgIpc) is 2.90. The Kier molecular flexibility index (Phi) is 8.74. The zero-order valence-electron chi connectivity index (χ0n) is 20.4. The van der Waals surface area contributed by atoms with Gasteiger partial charge in [0.2, 0.25) is 0 Å². The third-order valence-corrected chi connectivity index (χ3v) is 6.15. The Balaban J connectivity index is 1.39. The van der Waals surface area contributed by atoms with Gasteiger partial charge in [-0.1, -0.05) is 36.1 Å². The van der Waals surface area contributed by atoms with Crippen LogP contribution in [0.25, 0.3) is 0 Å². The van der Waals surface area contributed by atoms with E-state index in [9.17, 15) is 4.79 Å². The highest BCUT2D eigenvalue weighted by Crippen LogP contribution is 2.16. The number of hydrogen-bond acceptors (Lipinski definition) is 5. The molecule has 1 saturated heterocycles. The molecule has 6 nitrogen and oxygen atoms in total. The van der Waals surface area contributed by atoms with Crippen molar-refractivity contribution in [2.24, 2.45) is 0 Å². The normalized spacial score (nSPS) is 14.7. The van der Waals surface area contributed by atoms with E-state index in [0.29, 0.717) is 18.8 Å². The van der Waals surface area contributed by atoms with Gasteiger partial charge >= 0.3 is 0 Å². The topological polar surface area (TPSA) is 52.9 Å². The maximum Gasteiger partial charge on any atom is 0.293 e. The number of aromatic nitrogens is 1. The second-order valence-electron chi connectivity index (χ2n) is 8.63. The highest BCUT2D eigenvalue weighted by molar-refractivity contribution is 5.44. The molecule has 1 aromatic heterocycles. The minimum Gasteiger partial charge on any atom is -0.491 e. The third kappa shape index (κ3) is 6.83. The van der Waals surface area contributed by atoms with Crippen LogP contribution in [0.1, 0.15) is 28.3 Å². The lowest BCUT2D eigenvalue weighted by Gasteiger charge is -2.26. The third-order valence-electron chi connectivity index (χ3n) is 6.15. The molecule has 4 rings (SSSR count). The summed E-state index contributed by atoms with van der Waals surface area (Å²) >= 11 is 0. The van der Waals surface area contributed by atoms with Gasteiger partial charge in [0.05, 0.1) is 33.0 Å². The molecule has 1 aliphatic rings. The van der Waals surface area contributed by atoms with Crippen molar-refractivity contribution in [3.05, 3.63) is 99.5 Å². The molecule has 0 aliphatic carbocycles. The summed E-state index contributed by atoms with van der Waals surface area (Å²) in [6.45, 7) is 4.98. The number of morpholine rings is 1. The number of methoxy groups -OCH3 is 2. The van der Waals surface area contributed by atoms with Crippen LogP contribution in [-0.4, -0.2) is 56.6 Å². The Morgan fingerprint density at radius 3 is 2.14 bits per heavy atom. The zero-order valence-corrected chi connectivity index (χ0v) is 20.4. The Hall–Kier alpha value is -3.37. The van der Waals surface area contributed by atoms with Gasteiger partial charge in [0.15, 0.2) is 5.75 Å². The molecule has 2 aromatic carbocycles. The van der Waals surface area contributed by atoms with Crippen molar-refractivity contribution in [1.29, 1.82) is 0 Å². The molecule has 0 bridgehead atoms. The van der Waals surface area contributed by atoms with Gasteiger partial charge in [-0.05, 0) is 53.9 Å². The van der Waals surface area contributed by atoms with E-state index in [2.05, 4.69) is 53.1 Å². The summed E-state index contributed by atoms with van der Waals surface area (Å²) < 4.78 is 17.7. The largest absolute Gasteiger partial charge is 0.491 e.